The van der Waals surface area contributed by atoms with Crippen molar-refractivity contribution in [1.29, 1.82) is 0 Å². The molecule has 5 nitrogen and oxygen atoms in total. The first-order valence-corrected chi connectivity index (χ1v) is 6.64. The van der Waals surface area contributed by atoms with E-state index in [1.807, 2.05) is 39.0 Å². The van der Waals surface area contributed by atoms with Gasteiger partial charge in [0.05, 0.1) is 5.69 Å². The predicted molar refractivity (Wildman–Crippen MR) is 78.4 cm³/mol. The Kier molecular flexibility index (Phi) is 4.20. The van der Waals surface area contributed by atoms with Crippen molar-refractivity contribution >= 4 is 0 Å². The third kappa shape index (κ3) is 2.72. The normalized spacial score (nSPS) is 10.8. The Morgan fingerprint density at radius 3 is 2.80 bits per heavy atom. The Morgan fingerprint density at radius 1 is 1.35 bits per heavy atom. The van der Waals surface area contributed by atoms with E-state index in [4.69, 9.17) is 0 Å². The van der Waals surface area contributed by atoms with E-state index in [1.54, 1.807) is 0 Å². The number of aryl methyl sites for hydroxylation is 1. The molecule has 1 aromatic heterocycles. The van der Waals surface area contributed by atoms with Crippen molar-refractivity contribution < 1.29 is 5.11 Å². The number of aromatic hydroxyl groups is 1. The smallest absolute Gasteiger partial charge is 0.275 e. The number of benzene rings is 1. The average molecular weight is 273 g/mol. The summed E-state index contributed by atoms with van der Waals surface area (Å²) in [7, 11) is 0. The van der Waals surface area contributed by atoms with Crippen LogP contribution >= 0.6 is 0 Å². The van der Waals surface area contributed by atoms with Crippen LogP contribution in [0.4, 0.5) is 0 Å². The van der Waals surface area contributed by atoms with E-state index in [1.165, 1.54) is 10.7 Å². The van der Waals surface area contributed by atoms with Gasteiger partial charge in [-0.25, -0.2) is 0 Å². The van der Waals surface area contributed by atoms with Crippen LogP contribution in [-0.4, -0.2) is 21.4 Å². The van der Waals surface area contributed by atoms with Gasteiger partial charge in [0.2, 0.25) is 0 Å². The SMILES string of the molecule is CCNCc1nn(-c2cccc(C)c2C)c(=O)cc1O. The van der Waals surface area contributed by atoms with E-state index in [0.717, 1.165) is 23.4 Å². The molecule has 0 saturated heterocycles. The Balaban J connectivity index is 2.56. The van der Waals surface area contributed by atoms with Crippen LogP contribution in [0.2, 0.25) is 0 Å². The Hall–Kier alpha value is -2.14. The summed E-state index contributed by atoms with van der Waals surface area (Å²) in [6.07, 6.45) is 0. The highest BCUT2D eigenvalue weighted by Crippen LogP contribution is 2.17. The van der Waals surface area contributed by atoms with Gasteiger partial charge in [0.25, 0.3) is 5.56 Å². The van der Waals surface area contributed by atoms with Gasteiger partial charge >= 0.3 is 0 Å². The topological polar surface area (TPSA) is 67.2 Å². The molecule has 106 valence electrons. The first-order chi connectivity index (χ1) is 9.54. The highest BCUT2D eigenvalue weighted by Gasteiger charge is 2.11. The second-order valence-electron chi connectivity index (χ2n) is 4.73. The van der Waals surface area contributed by atoms with Crippen LogP contribution in [0.5, 0.6) is 5.75 Å². The van der Waals surface area contributed by atoms with Crippen molar-refractivity contribution in [2.24, 2.45) is 0 Å². The van der Waals surface area contributed by atoms with Crippen LogP contribution < -0.4 is 10.9 Å². The lowest BCUT2D eigenvalue weighted by Gasteiger charge is -2.12. The van der Waals surface area contributed by atoms with Crippen LogP contribution in [0.15, 0.2) is 29.1 Å². The van der Waals surface area contributed by atoms with Crippen LogP contribution in [0, 0.1) is 13.8 Å². The van der Waals surface area contributed by atoms with Gasteiger partial charge in [0, 0.05) is 12.6 Å². The quantitative estimate of drug-likeness (QED) is 0.889. The average Bonchev–Trinajstić information content (AvgIpc) is 2.41. The summed E-state index contributed by atoms with van der Waals surface area (Å²) in [5, 5.41) is 17.2. The minimum absolute atomic E-state index is 0.0718. The van der Waals surface area contributed by atoms with Crippen LogP contribution in [0.1, 0.15) is 23.7 Å². The van der Waals surface area contributed by atoms with Crippen LogP contribution in [-0.2, 0) is 6.54 Å². The Morgan fingerprint density at radius 2 is 2.10 bits per heavy atom. The third-order valence-electron chi connectivity index (χ3n) is 3.33. The fourth-order valence-corrected chi connectivity index (χ4v) is 1.99. The molecular weight excluding hydrogens is 254 g/mol. The highest BCUT2D eigenvalue weighted by molar-refractivity contribution is 5.44. The predicted octanol–water partition coefficient (Wildman–Crippen LogP) is 1.66. The molecule has 0 spiro atoms. The van der Waals surface area contributed by atoms with Crippen molar-refractivity contribution in [3.05, 3.63) is 51.4 Å². The number of aromatic nitrogens is 2. The first kappa shape index (κ1) is 14.3. The Bertz CT molecular complexity index is 677. The molecule has 0 aliphatic carbocycles. The molecule has 2 N–H and O–H groups in total. The van der Waals surface area contributed by atoms with E-state index in [2.05, 4.69) is 10.4 Å². The first-order valence-electron chi connectivity index (χ1n) is 6.64. The zero-order chi connectivity index (χ0) is 14.7. The lowest BCUT2D eigenvalue weighted by molar-refractivity contribution is 0.452. The van der Waals surface area contributed by atoms with Crippen molar-refractivity contribution in [2.45, 2.75) is 27.3 Å². The van der Waals surface area contributed by atoms with Gasteiger partial charge in [0.1, 0.15) is 11.4 Å². The molecule has 2 rings (SSSR count). The minimum atomic E-state index is -0.337. The molecule has 0 atom stereocenters. The largest absolute Gasteiger partial charge is 0.506 e. The number of nitrogens with zero attached hydrogens (tertiary/aromatic N) is 2. The molecule has 0 bridgehead atoms. The molecule has 20 heavy (non-hydrogen) atoms. The van der Waals surface area contributed by atoms with Gasteiger partial charge < -0.3 is 10.4 Å². The standard InChI is InChI=1S/C15H19N3O2/c1-4-16-9-12-14(19)8-15(20)18(17-12)13-7-5-6-10(2)11(13)3/h5-8,16,19H,4,9H2,1-3H3. The van der Waals surface area contributed by atoms with E-state index in [0.29, 0.717) is 12.2 Å². The molecule has 0 unspecified atom stereocenters. The second kappa shape index (κ2) is 5.88. The monoisotopic (exact) mass is 273 g/mol. The van der Waals surface area contributed by atoms with E-state index in [-0.39, 0.29) is 11.3 Å². The number of hydrogen-bond acceptors (Lipinski definition) is 4. The summed E-state index contributed by atoms with van der Waals surface area (Å²) in [6.45, 7) is 7.11. The Labute approximate surface area is 117 Å². The number of rotatable bonds is 4. The van der Waals surface area contributed by atoms with Crippen LogP contribution in [0.25, 0.3) is 5.69 Å². The molecule has 1 aromatic carbocycles. The molecule has 0 aliphatic heterocycles. The van der Waals surface area contributed by atoms with Gasteiger partial charge in [-0.1, -0.05) is 19.1 Å². The van der Waals surface area contributed by atoms with Crippen LogP contribution in [0.3, 0.4) is 0 Å². The lowest BCUT2D eigenvalue weighted by atomic mass is 10.1. The zero-order valence-corrected chi connectivity index (χ0v) is 12.0. The number of hydrogen-bond donors (Lipinski definition) is 2. The molecule has 0 aliphatic rings. The minimum Gasteiger partial charge on any atom is -0.506 e. The summed E-state index contributed by atoms with van der Waals surface area (Å²) in [4.78, 5) is 12.1. The molecule has 5 heteroatoms. The molecule has 2 aromatic rings. The van der Waals surface area contributed by atoms with Gasteiger partial charge in [0.15, 0.2) is 0 Å². The summed E-state index contributed by atoms with van der Waals surface area (Å²) in [5.41, 5.74) is 2.97. The summed E-state index contributed by atoms with van der Waals surface area (Å²) in [5.74, 6) is -0.0718. The van der Waals surface area contributed by atoms with Gasteiger partial charge in [-0.05, 0) is 37.6 Å². The van der Waals surface area contributed by atoms with E-state index in [9.17, 15) is 9.90 Å². The van der Waals surface area contributed by atoms with Crippen molar-refractivity contribution in [3.8, 4) is 11.4 Å². The lowest BCUT2D eigenvalue weighted by Crippen LogP contribution is -2.24. The third-order valence-corrected chi connectivity index (χ3v) is 3.33. The molecule has 1 heterocycles. The molecule has 0 saturated carbocycles. The van der Waals surface area contributed by atoms with Crippen molar-refractivity contribution in [1.82, 2.24) is 15.1 Å². The zero-order valence-electron chi connectivity index (χ0n) is 12.0. The van der Waals surface area contributed by atoms with E-state index < -0.39 is 0 Å². The molecular formula is C15H19N3O2. The summed E-state index contributed by atoms with van der Waals surface area (Å²) < 4.78 is 1.34. The molecule has 0 fully saturated rings. The number of nitrogens with one attached hydrogen (secondary N) is 1. The maximum absolute atomic E-state index is 12.1. The van der Waals surface area contributed by atoms with Crippen molar-refractivity contribution in [2.75, 3.05) is 6.54 Å². The second-order valence-corrected chi connectivity index (χ2v) is 4.73. The fraction of sp³-hybridized carbons (Fsp3) is 0.333. The summed E-state index contributed by atoms with van der Waals surface area (Å²) in [6, 6.07) is 6.94. The molecule has 0 amide bonds. The fourth-order valence-electron chi connectivity index (χ4n) is 1.99. The van der Waals surface area contributed by atoms with Gasteiger partial charge in [-0.3, -0.25) is 4.79 Å². The van der Waals surface area contributed by atoms with Crippen molar-refractivity contribution in [3.63, 3.8) is 0 Å². The van der Waals surface area contributed by atoms with Gasteiger partial charge in [-0.15, -0.1) is 0 Å². The van der Waals surface area contributed by atoms with Gasteiger partial charge in [-0.2, -0.15) is 9.78 Å². The van der Waals surface area contributed by atoms with E-state index >= 15 is 0 Å². The maximum Gasteiger partial charge on any atom is 0.275 e. The highest BCUT2D eigenvalue weighted by atomic mass is 16.3. The summed E-state index contributed by atoms with van der Waals surface area (Å²) >= 11 is 0. The maximum atomic E-state index is 12.1. The molecule has 0 radical (unpaired) electrons.